The predicted octanol–water partition coefficient (Wildman–Crippen LogP) is 7.63. The molecule has 2 aromatic heterocycles. The van der Waals surface area contributed by atoms with Gasteiger partial charge in [0, 0.05) is 29.0 Å². The van der Waals surface area contributed by atoms with E-state index in [0.29, 0.717) is 18.8 Å². The van der Waals surface area contributed by atoms with Crippen LogP contribution in [-0.4, -0.2) is 42.7 Å². The third-order valence-corrected chi connectivity index (χ3v) is 7.92. The molecule has 0 aliphatic heterocycles. The van der Waals surface area contributed by atoms with Crippen molar-refractivity contribution in [3.8, 4) is 17.2 Å². The Morgan fingerprint density at radius 2 is 1.63 bits per heavy atom. The molecule has 2 atom stereocenters. The second kappa shape index (κ2) is 11.2. The van der Waals surface area contributed by atoms with Gasteiger partial charge < -0.3 is 19.2 Å². The van der Waals surface area contributed by atoms with E-state index in [1.807, 2.05) is 74.8 Å². The van der Waals surface area contributed by atoms with Gasteiger partial charge in [-0.3, -0.25) is 0 Å². The van der Waals surface area contributed by atoms with Gasteiger partial charge in [-0.1, -0.05) is 72.8 Å². The zero-order chi connectivity index (χ0) is 28.4. The van der Waals surface area contributed by atoms with Crippen LogP contribution in [0.1, 0.15) is 29.0 Å². The molecule has 0 bridgehead atoms. The second-order valence-corrected chi connectivity index (χ2v) is 10.8. The van der Waals surface area contributed by atoms with Crippen molar-refractivity contribution in [2.45, 2.75) is 17.9 Å². The Hall–Kier alpha value is -4.45. The zero-order valence-electron chi connectivity index (χ0n) is 23.6. The molecule has 41 heavy (non-hydrogen) atoms. The molecule has 0 fully saturated rings. The Balaban J connectivity index is 1.64. The number of aromatic nitrogens is 1. The predicted molar refractivity (Wildman–Crippen MR) is 165 cm³/mol. The number of ether oxygens (including phenoxy) is 1. The van der Waals surface area contributed by atoms with E-state index in [1.165, 1.54) is 0 Å². The smallest absolute Gasteiger partial charge is 0.217 e. The number of nitrogens with zero attached hydrogens (tertiary/aromatic N) is 2. The number of hydrogen-bond acceptors (Lipinski definition) is 5. The highest BCUT2D eigenvalue weighted by atomic mass is 16.5. The molecule has 0 amide bonds. The van der Waals surface area contributed by atoms with Gasteiger partial charge in [-0.2, -0.15) is 0 Å². The Kier molecular flexibility index (Phi) is 7.31. The second-order valence-electron chi connectivity index (χ2n) is 10.8. The van der Waals surface area contributed by atoms with E-state index in [-0.39, 0.29) is 0 Å². The molecule has 0 radical (unpaired) electrons. The summed E-state index contributed by atoms with van der Waals surface area (Å²) in [7, 11) is 5.72. The average Bonchev–Trinajstić information content (AvgIpc) is 3.55. The Morgan fingerprint density at radius 3 is 2.39 bits per heavy atom. The Labute approximate surface area is 240 Å². The molecule has 6 aromatic rings. The van der Waals surface area contributed by atoms with Crippen molar-refractivity contribution in [3.63, 3.8) is 0 Å². The molecule has 5 nitrogen and oxygen atoms in total. The summed E-state index contributed by atoms with van der Waals surface area (Å²) in [4.78, 5) is 7.07. The molecule has 6 rings (SSSR count). The molecule has 4 aromatic carbocycles. The molecule has 5 heteroatoms. The van der Waals surface area contributed by atoms with Crippen LogP contribution in [0.4, 0.5) is 0 Å². The third-order valence-electron chi connectivity index (χ3n) is 7.92. The first-order valence-corrected chi connectivity index (χ1v) is 13.9. The number of aliphatic hydroxyl groups is 1. The van der Waals surface area contributed by atoms with Crippen LogP contribution in [0, 0.1) is 0 Å². The summed E-state index contributed by atoms with van der Waals surface area (Å²) in [5.41, 5.74) is 3.20. The minimum absolute atomic E-state index is 0.464. The summed E-state index contributed by atoms with van der Waals surface area (Å²) in [6.45, 7) is 0.690. The van der Waals surface area contributed by atoms with Gasteiger partial charge in [0.05, 0.1) is 18.9 Å². The SMILES string of the molecule is COc1nc2ccc(-c3ccco3)cc2cc1C(c1ccccc1)C(O)(CCN(C)C)c1cccc2ccccc12. The van der Waals surface area contributed by atoms with Crippen LogP contribution in [0.2, 0.25) is 0 Å². The molecule has 206 valence electrons. The van der Waals surface area contributed by atoms with Crippen molar-refractivity contribution in [2.24, 2.45) is 0 Å². The molecule has 0 saturated carbocycles. The monoisotopic (exact) mass is 542 g/mol. The zero-order valence-corrected chi connectivity index (χ0v) is 23.6. The van der Waals surface area contributed by atoms with Crippen LogP contribution in [0.3, 0.4) is 0 Å². The fourth-order valence-electron chi connectivity index (χ4n) is 5.93. The number of rotatable bonds is 9. The van der Waals surface area contributed by atoms with E-state index in [2.05, 4.69) is 53.4 Å². The summed E-state index contributed by atoms with van der Waals surface area (Å²) in [6.07, 6.45) is 2.18. The van der Waals surface area contributed by atoms with Crippen molar-refractivity contribution >= 4 is 21.7 Å². The van der Waals surface area contributed by atoms with Gasteiger partial charge in [-0.05, 0) is 78.8 Å². The summed E-state index contributed by atoms with van der Waals surface area (Å²) >= 11 is 0. The van der Waals surface area contributed by atoms with Crippen LogP contribution < -0.4 is 4.74 Å². The lowest BCUT2D eigenvalue weighted by Gasteiger charge is -2.39. The van der Waals surface area contributed by atoms with Gasteiger partial charge in [-0.15, -0.1) is 0 Å². The lowest BCUT2D eigenvalue weighted by Crippen LogP contribution is -2.38. The number of fused-ring (bicyclic) bond motifs is 2. The van der Waals surface area contributed by atoms with Gasteiger partial charge in [-0.25, -0.2) is 4.98 Å². The van der Waals surface area contributed by atoms with E-state index < -0.39 is 11.5 Å². The maximum absolute atomic E-state index is 13.2. The van der Waals surface area contributed by atoms with Crippen molar-refractivity contribution < 1.29 is 14.3 Å². The molecule has 0 aliphatic rings. The quantitative estimate of drug-likeness (QED) is 0.204. The fourth-order valence-corrected chi connectivity index (χ4v) is 5.93. The van der Waals surface area contributed by atoms with Crippen LogP contribution >= 0.6 is 0 Å². The van der Waals surface area contributed by atoms with Gasteiger partial charge >= 0.3 is 0 Å². The normalized spacial score (nSPS) is 13.9. The molecule has 1 N–H and O–H groups in total. The largest absolute Gasteiger partial charge is 0.481 e. The molecule has 0 aliphatic carbocycles. The summed E-state index contributed by atoms with van der Waals surface area (Å²) in [6, 6.07) is 36.7. The number of methoxy groups -OCH3 is 1. The molecular weight excluding hydrogens is 508 g/mol. The fraction of sp³-hybridized carbons (Fsp3) is 0.194. The maximum Gasteiger partial charge on any atom is 0.217 e. The molecule has 2 unspecified atom stereocenters. The summed E-state index contributed by atoms with van der Waals surface area (Å²) < 4.78 is 11.6. The third kappa shape index (κ3) is 5.10. The highest BCUT2D eigenvalue weighted by Gasteiger charge is 2.43. The Bertz CT molecular complexity index is 1770. The molecule has 0 saturated heterocycles. The van der Waals surface area contributed by atoms with Crippen molar-refractivity contribution in [1.82, 2.24) is 9.88 Å². The number of furan rings is 1. The van der Waals surface area contributed by atoms with Crippen LogP contribution in [0.25, 0.3) is 33.0 Å². The summed E-state index contributed by atoms with van der Waals surface area (Å²) in [5.74, 6) is 0.830. The number of pyridine rings is 1. The molecule has 0 spiro atoms. The lowest BCUT2D eigenvalue weighted by molar-refractivity contribution is 0.00520. The number of benzene rings is 4. The summed E-state index contributed by atoms with van der Waals surface area (Å²) in [5, 5.41) is 16.2. The molecule has 2 heterocycles. The first-order chi connectivity index (χ1) is 20.0. The van der Waals surface area contributed by atoms with Crippen LogP contribution in [0.5, 0.6) is 5.88 Å². The van der Waals surface area contributed by atoms with Crippen molar-refractivity contribution in [2.75, 3.05) is 27.7 Å². The average molecular weight is 543 g/mol. The standard InChI is InChI=1S/C36H34N2O3/c1-38(2)21-20-36(39,31-16-9-14-25-11-7-8-15-29(25)31)34(26-12-5-4-6-13-26)30-24-28-23-27(33-17-10-22-41-33)18-19-32(28)37-35(30)40-3/h4-19,22-24,34,39H,20-21H2,1-3H3. The minimum atomic E-state index is -1.28. The minimum Gasteiger partial charge on any atom is -0.481 e. The number of hydrogen-bond donors (Lipinski definition) is 1. The van der Waals surface area contributed by atoms with E-state index in [4.69, 9.17) is 14.1 Å². The molecular formula is C36H34N2O3. The van der Waals surface area contributed by atoms with E-state index in [1.54, 1.807) is 13.4 Å². The maximum atomic E-state index is 13.2. The lowest BCUT2D eigenvalue weighted by atomic mass is 9.70. The van der Waals surface area contributed by atoms with Crippen molar-refractivity contribution in [1.29, 1.82) is 0 Å². The first-order valence-electron chi connectivity index (χ1n) is 13.9. The van der Waals surface area contributed by atoms with Crippen LogP contribution in [-0.2, 0) is 5.60 Å². The van der Waals surface area contributed by atoms with Gasteiger partial charge in [0.1, 0.15) is 11.4 Å². The van der Waals surface area contributed by atoms with Gasteiger partial charge in [0.2, 0.25) is 5.88 Å². The van der Waals surface area contributed by atoms with Crippen LogP contribution in [0.15, 0.2) is 120 Å². The van der Waals surface area contributed by atoms with E-state index in [9.17, 15) is 5.11 Å². The Morgan fingerprint density at radius 1 is 0.854 bits per heavy atom. The van der Waals surface area contributed by atoms with E-state index >= 15 is 0 Å². The van der Waals surface area contributed by atoms with Gasteiger partial charge in [0.25, 0.3) is 0 Å². The topological polar surface area (TPSA) is 58.7 Å². The highest BCUT2D eigenvalue weighted by molar-refractivity contribution is 5.88. The highest BCUT2D eigenvalue weighted by Crippen LogP contribution is 2.49. The van der Waals surface area contributed by atoms with Crippen molar-refractivity contribution in [3.05, 3.63) is 132 Å². The van der Waals surface area contributed by atoms with E-state index in [0.717, 1.165) is 49.7 Å². The first kappa shape index (κ1) is 26.8. The van der Waals surface area contributed by atoms with Gasteiger partial charge in [0.15, 0.2) is 0 Å².